The number of fused-ring (bicyclic) bond motifs is 1. The van der Waals surface area contributed by atoms with Crippen molar-refractivity contribution in [1.29, 1.82) is 0 Å². The zero-order valence-corrected chi connectivity index (χ0v) is 13.2. The van der Waals surface area contributed by atoms with E-state index in [4.69, 9.17) is 0 Å². The molecule has 0 aliphatic heterocycles. The second kappa shape index (κ2) is 6.60. The third-order valence-electron chi connectivity index (χ3n) is 3.51. The van der Waals surface area contributed by atoms with Crippen LogP contribution < -0.4 is 10.6 Å². The zero-order chi connectivity index (χ0) is 16.2. The number of aryl methyl sites for hydroxylation is 1. The fourth-order valence-electron chi connectivity index (χ4n) is 2.24. The SMILES string of the molecule is CCCCNc1nc(Nc2ccc(F)cc2)c2cnn(C)c2n1. The average molecular weight is 314 g/mol. The van der Waals surface area contributed by atoms with E-state index >= 15 is 0 Å². The summed E-state index contributed by atoms with van der Waals surface area (Å²) in [6, 6.07) is 6.16. The minimum atomic E-state index is -0.272. The van der Waals surface area contributed by atoms with E-state index < -0.39 is 0 Å². The van der Waals surface area contributed by atoms with Gasteiger partial charge in [0.15, 0.2) is 5.65 Å². The van der Waals surface area contributed by atoms with Crippen molar-refractivity contribution in [3.05, 3.63) is 36.3 Å². The summed E-state index contributed by atoms with van der Waals surface area (Å²) in [7, 11) is 1.84. The van der Waals surface area contributed by atoms with E-state index in [0.29, 0.717) is 11.8 Å². The molecule has 2 N–H and O–H groups in total. The highest BCUT2D eigenvalue weighted by Gasteiger charge is 2.11. The molecule has 0 radical (unpaired) electrons. The Hall–Kier alpha value is -2.70. The van der Waals surface area contributed by atoms with E-state index in [1.54, 1.807) is 23.0 Å². The normalized spacial score (nSPS) is 10.9. The molecule has 120 valence electrons. The first-order valence-electron chi connectivity index (χ1n) is 7.63. The van der Waals surface area contributed by atoms with Gasteiger partial charge in [-0.15, -0.1) is 0 Å². The monoisotopic (exact) mass is 314 g/mol. The molecule has 3 aromatic rings. The highest BCUT2D eigenvalue weighted by Crippen LogP contribution is 2.24. The molecule has 1 aromatic carbocycles. The zero-order valence-electron chi connectivity index (χ0n) is 13.2. The van der Waals surface area contributed by atoms with Gasteiger partial charge in [0.1, 0.15) is 11.6 Å². The fraction of sp³-hybridized carbons (Fsp3) is 0.312. The second-order valence-corrected chi connectivity index (χ2v) is 5.31. The van der Waals surface area contributed by atoms with E-state index in [2.05, 4.69) is 32.6 Å². The van der Waals surface area contributed by atoms with Crippen LogP contribution in [0.25, 0.3) is 11.0 Å². The Morgan fingerprint density at radius 1 is 1.17 bits per heavy atom. The highest BCUT2D eigenvalue weighted by molar-refractivity contribution is 5.89. The average Bonchev–Trinajstić information content (AvgIpc) is 2.92. The molecule has 0 atom stereocenters. The van der Waals surface area contributed by atoms with E-state index in [0.717, 1.165) is 36.1 Å². The molecule has 6 nitrogen and oxygen atoms in total. The third kappa shape index (κ3) is 3.39. The molecule has 0 amide bonds. The molecule has 0 aliphatic carbocycles. The second-order valence-electron chi connectivity index (χ2n) is 5.31. The maximum absolute atomic E-state index is 13.0. The maximum atomic E-state index is 13.0. The summed E-state index contributed by atoms with van der Waals surface area (Å²) in [4.78, 5) is 9.02. The lowest BCUT2D eigenvalue weighted by molar-refractivity contribution is 0.628. The van der Waals surface area contributed by atoms with Gasteiger partial charge in [0.05, 0.1) is 11.6 Å². The number of unbranched alkanes of at least 4 members (excludes halogenated alkanes) is 1. The van der Waals surface area contributed by atoms with Crippen LogP contribution in [-0.4, -0.2) is 26.3 Å². The number of rotatable bonds is 6. The number of hydrogen-bond donors (Lipinski definition) is 2. The molecule has 0 bridgehead atoms. The summed E-state index contributed by atoms with van der Waals surface area (Å²) in [5, 5.41) is 11.5. The van der Waals surface area contributed by atoms with Crippen LogP contribution in [0, 0.1) is 5.82 Å². The smallest absolute Gasteiger partial charge is 0.226 e. The van der Waals surface area contributed by atoms with Gasteiger partial charge in [0.25, 0.3) is 0 Å². The standard InChI is InChI=1S/C16H19FN6/c1-3-4-9-18-16-21-14(13-10-19-23(2)15(13)22-16)20-12-7-5-11(17)6-8-12/h5-8,10H,3-4,9H2,1-2H3,(H2,18,20,21,22). The Balaban J connectivity index is 1.94. The lowest BCUT2D eigenvalue weighted by atomic mass is 10.3. The Kier molecular flexibility index (Phi) is 4.36. The summed E-state index contributed by atoms with van der Waals surface area (Å²) < 4.78 is 14.7. The molecule has 23 heavy (non-hydrogen) atoms. The molecular formula is C16H19FN6. The highest BCUT2D eigenvalue weighted by atomic mass is 19.1. The predicted molar refractivity (Wildman–Crippen MR) is 89.4 cm³/mol. The minimum Gasteiger partial charge on any atom is -0.354 e. The first-order chi connectivity index (χ1) is 11.2. The summed E-state index contributed by atoms with van der Waals surface area (Å²) in [6.07, 6.45) is 3.87. The number of nitrogens with zero attached hydrogens (tertiary/aromatic N) is 4. The topological polar surface area (TPSA) is 67.7 Å². The van der Waals surface area contributed by atoms with Crippen LogP contribution in [0.4, 0.5) is 21.8 Å². The van der Waals surface area contributed by atoms with Crippen LogP contribution in [-0.2, 0) is 7.05 Å². The van der Waals surface area contributed by atoms with Crippen LogP contribution in [0.2, 0.25) is 0 Å². The van der Waals surface area contributed by atoms with Gasteiger partial charge in [0, 0.05) is 19.3 Å². The summed E-state index contributed by atoms with van der Waals surface area (Å²) in [5.41, 5.74) is 1.50. The van der Waals surface area contributed by atoms with E-state index in [1.807, 2.05) is 7.05 Å². The van der Waals surface area contributed by atoms with Crippen molar-refractivity contribution in [3.63, 3.8) is 0 Å². The van der Waals surface area contributed by atoms with Crippen LogP contribution in [0.1, 0.15) is 19.8 Å². The lowest BCUT2D eigenvalue weighted by Crippen LogP contribution is -2.08. The fourth-order valence-corrected chi connectivity index (χ4v) is 2.24. The molecule has 0 unspecified atom stereocenters. The Morgan fingerprint density at radius 2 is 1.96 bits per heavy atom. The Morgan fingerprint density at radius 3 is 2.70 bits per heavy atom. The van der Waals surface area contributed by atoms with Crippen molar-refractivity contribution >= 4 is 28.5 Å². The number of halogens is 1. The van der Waals surface area contributed by atoms with Gasteiger partial charge in [-0.3, -0.25) is 4.68 Å². The molecule has 0 spiro atoms. The van der Waals surface area contributed by atoms with Crippen molar-refractivity contribution in [2.45, 2.75) is 19.8 Å². The number of anilines is 3. The Labute approximate surface area is 133 Å². The van der Waals surface area contributed by atoms with Crippen LogP contribution in [0.15, 0.2) is 30.5 Å². The van der Waals surface area contributed by atoms with Gasteiger partial charge in [0.2, 0.25) is 5.95 Å². The van der Waals surface area contributed by atoms with Gasteiger partial charge in [-0.25, -0.2) is 4.39 Å². The lowest BCUT2D eigenvalue weighted by Gasteiger charge is -2.10. The van der Waals surface area contributed by atoms with E-state index in [9.17, 15) is 4.39 Å². The van der Waals surface area contributed by atoms with Crippen LogP contribution in [0.3, 0.4) is 0 Å². The van der Waals surface area contributed by atoms with Crippen LogP contribution >= 0.6 is 0 Å². The van der Waals surface area contributed by atoms with Crippen LogP contribution in [0.5, 0.6) is 0 Å². The number of nitrogens with one attached hydrogen (secondary N) is 2. The molecule has 0 aliphatic rings. The predicted octanol–water partition coefficient (Wildman–Crippen LogP) is 3.46. The number of aromatic nitrogens is 4. The summed E-state index contributed by atoms with van der Waals surface area (Å²) in [6.45, 7) is 2.95. The van der Waals surface area contributed by atoms with Crippen molar-refractivity contribution in [1.82, 2.24) is 19.7 Å². The van der Waals surface area contributed by atoms with Gasteiger partial charge < -0.3 is 10.6 Å². The van der Waals surface area contributed by atoms with Gasteiger partial charge in [-0.05, 0) is 30.7 Å². The summed E-state index contributed by atoms with van der Waals surface area (Å²) >= 11 is 0. The first-order valence-corrected chi connectivity index (χ1v) is 7.63. The molecule has 3 rings (SSSR count). The Bertz CT molecular complexity index is 796. The van der Waals surface area contributed by atoms with Crippen molar-refractivity contribution < 1.29 is 4.39 Å². The molecule has 0 saturated heterocycles. The van der Waals surface area contributed by atoms with E-state index in [-0.39, 0.29) is 5.82 Å². The van der Waals surface area contributed by atoms with Gasteiger partial charge in [-0.2, -0.15) is 15.1 Å². The minimum absolute atomic E-state index is 0.272. The van der Waals surface area contributed by atoms with Gasteiger partial charge in [-0.1, -0.05) is 13.3 Å². The quantitative estimate of drug-likeness (QED) is 0.682. The van der Waals surface area contributed by atoms with Crippen molar-refractivity contribution in [2.75, 3.05) is 17.2 Å². The molecule has 0 saturated carbocycles. The largest absolute Gasteiger partial charge is 0.354 e. The molecule has 2 aromatic heterocycles. The molecule has 7 heteroatoms. The summed E-state index contributed by atoms with van der Waals surface area (Å²) in [5.74, 6) is 0.930. The number of benzene rings is 1. The maximum Gasteiger partial charge on any atom is 0.226 e. The molecule has 2 heterocycles. The first kappa shape index (κ1) is 15.2. The number of hydrogen-bond acceptors (Lipinski definition) is 5. The van der Waals surface area contributed by atoms with E-state index in [1.165, 1.54) is 12.1 Å². The van der Waals surface area contributed by atoms with Crippen molar-refractivity contribution in [2.24, 2.45) is 7.05 Å². The molecule has 0 fully saturated rings. The van der Waals surface area contributed by atoms with Gasteiger partial charge >= 0.3 is 0 Å². The third-order valence-corrected chi connectivity index (χ3v) is 3.51. The molecular weight excluding hydrogens is 295 g/mol. The van der Waals surface area contributed by atoms with Crippen molar-refractivity contribution in [3.8, 4) is 0 Å².